The molecule has 1 aliphatic rings. The number of hydrogen-bond donors (Lipinski definition) is 0. The van der Waals surface area contributed by atoms with E-state index in [2.05, 4.69) is 0 Å². The molecule has 1 aliphatic carbocycles. The molecule has 0 spiro atoms. The van der Waals surface area contributed by atoms with Crippen LogP contribution in [0.5, 0.6) is 0 Å². The lowest BCUT2D eigenvalue weighted by atomic mass is 10.1. The van der Waals surface area contributed by atoms with Crippen molar-refractivity contribution in [2.75, 3.05) is 5.75 Å². The third-order valence-electron chi connectivity index (χ3n) is 3.15. The lowest BCUT2D eigenvalue weighted by Gasteiger charge is -2.00. The van der Waals surface area contributed by atoms with Crippen LogP contribution >= 0.6 is 0 Å². The normalized spacial score (nSPS) is 27.5. The van der Waals surface area contributed by atoms with Crippen molar-refractivity contribution in [2.45, 2.75) is 18.1 Å². The highest BCUT2D eigenvalue weighted by molar-refractivity contribution is 7.92. The van der Waals surface area contributed by atoms with Crippen LogP contribution in [0.1, 0.15) is 18.4 Å². The van der Waals surface area contributed by atoms with E-state index >= 15 is 0 Å². The first kappa shape index (κ1) is 12.1. The number of sulfone groups is 1. The van der Waals surface area contributed by atoms with E-state index in [1.54, 1.807) is 13.0 Å². The molecule has 0 saturated heterocycles. The Hall–Kier alpha value is -1.41. The molecule has 1 aromatic carbocycles. The molecule has 90 valence electrons. The summed E-state index contributed by atoms with van der Waals surface area (Å²) >= 11 is 0. The number of nitrogens with zero attached hydrogens (tertiary/aromatic N) is 1. The van der Waals surface area contributed by atoms with Gasteiger partial charge in [-0.15, -0.1) is 0 Å². The van der Waals surface area contributed by atoms with Gasteiger partial charge in [0.1, 0.15) is 5.82 Å². The van der Waals surface area contributed by atoms with Crippen LogP contribution in [0, 0.1) is 23.1 Å². The number of nitriles is 1. The van der Waals surface area contributed by atoms with Crippen LogP contribution in [0.2, 0.25) is 0 Å². The maximum absolute atomic E-state index is 13.1. The van der Waals surface area contributed by atoms with Crippen molar-refractivity contribution in [1.82, 2.24) is 0 Å². The average Bonchev–Trinajstić information content (AvgIpc) is 3.04. The van der Waals surface area contributed by atoms with Crippen LogP contribution in [0.25, 0.3) is 0 Å². The SMILES string of the molecule is CCS(=O)(=O)[C@@H]1[C@@H](C#N)[C@H]1c1cccc(F)c1. The fourth-order valence-electron chi connectivity index (χ4n) is 2.19. The molecule has 2 rings (SSSR count). The van der Waals surface area contributed by atoms with Crippen molar-refractivity contribution < 1.29 is 12.8 Å². The lowest BCUT2D eigenvalue weighted by molar-refractivity contribution is 0.594. The zero-order chi connectivity index (χ0) is 12.6. The molecule has 0 amide bonds. The Morgan fingerprint density at radius 1 is 1.47 bits per heavy atom. The molecule has 1 fully saturated rings. The molecule has 0 unspecified atom stereocenters. The maximum atomic E-state index is 13.1. The van der Waals surface area contributed by atoms with Crippen molar-refractivity contribution >= 4 is 9.84 Å². The summed E-state index contributed by atoms with van der Waals surface area (Å²) in [6.45, 7) is 1.56. The number of hydrogen-bond acceptors (Lipinski definition) is 3. The molecular formula is C12H12FNO2S. The van der Waals surface area contributed by atoms with Crippen LogP contribution in [-0.4, -0.2) is 19.4 Å². The predicted octanol–water partition coefficient (Wildman–Crippen LogP) is 1.87. The van der Waals surface area contributed by atoms with Gasteiger partial charge in [0.25, 0.3) is 0 Å². The van der Waals surface area contributed by atoms with E-state index in [1.807, 2.05) is 6.07 Å². The highest BCUT2D eigenvalue weighted by Gasteiger charge is 2.58. The molecule has 0 bridgehead atoms. The van der Waals surface area contributed by atoms with Crippen LogP contribution in [-0.2, 0) is 9.84 Å². The van der Waals surface area contributed by atoms with E-state index in [0.717, 1.165) is 0 Å². The standard InChI is InChI=1S/C12H12FNO2S/c1-2-17(15,16)12-10(7-14)11(12)8-4-3-5-9(13)6-8/h3-6,10-12H,2H2,1H3/t10-,11+,12+/m0/s1. The smallest absolute Gasteiger partial charge is 0.154 e. The fourth-order valence-corrected chi connectivity index (χ4v) is 3.93. The number of rotatable bonds is 3. The minimum atomic E-state index is -3.24. The van der Waals surface area contributed by atoms with Crippen LogP contribution in [0.4, 0.5) is 4.39 Å². The summed E-state index contributed by atoms with van der Waals surface area (Å²) < 4.78 is 36.6. The van der Waals surface area contributed by atoms with Crippen LogP contribution in [0.3, 0.4) is 0 Å². The van der Waals surface area contributed by atoms with Gasteiger partial charge < -0.3 is 0 Å². The molecule has 0 N–H and O–H groups in total. The van der Waals surface area contributed by atoms with Gasteiger partial charge in [-0.2, -0.15) is 5.26 Å². The van der Waals surface area contributed by atoms with Gasteiger partial charge in [-0.05, 0) is 17.7 Å². The van der Waals surface area contributed by atoms with Gasteiger partial charge in [-0.3, -0.25) is 0 Å². The molecule has 5 heteroatoms. The summed E-state index contributed by atoms with van der Waals surface area (Å²) in [6.07, 6.45) is 0. The van der Waals surface area contributed by atoms with Gasteiger partial charge >= 0.3 is 0 Å². The summed E-state index contributed by atoms with van der Waals surface area (Å²) in [6, 6.07) is 7.81. The van der Waals surface area contributed by atoms with Crippen molar-refractivity contribution in [1.29, 1.82) is 5.26 Å². The quantitative estimate of drug-likeness (QED) is 0.826. The second-order valence-corrected chi connectivity index (χ2v) is 6.60. The maximum Gasteiger partial charge on any atom is 0.154 e. The second kappa shape index (κ2) is 4.11. The molecule has 3 nitrogen and oxygen atoms in total. The second-order valence-electron chi connectivity index (χ2n) is 4.15. The molecular weight excluding hydrogens is 241 g/mol. The predicted molar refractivity (Wildman–Crippen MR) is 61.5 cm³/mol. The van der Waals surface area contributed by atoms with E-state index in [4.69, 9.17) is 5.26 Å². The van der Waals surface area contributed by atoms with Crippen molar-refractivity contribution in [3.8, 4) is 6.07 Å². The number of benzene rings is 1. The van der Waals surface area contributed by atoms with Crippen molar-refractivity contribution in [2.24, 2.45) is 5.92 Å². The minimum Gasteiger partial charge on any atom is -0.228 e. The largest absolute Gasteiger partial charge is 0.228 e. The zero-order valence-corrected chi connectivity index (χ0v) is 10.1. The van der Waals surface area contributed by atoms with E-state index in [0.29, 0.717) is 5.56 Å². The van der Waals surface area contributed by atoms with E-state index in [-0.39, 0.29) is 11.7 Å². The van der Waals surface area contributed by atoms with Crippen molar-refractivity contribution in [3.63, 3.8) is 0 Å². The molecule has 0 aliphatic heterocycles. The van der Waals surface area contributed by atoms with Gasteiger partial charge in [0.15, 0.2) is 9.84 Å². The van der Waals surface area contributed by atoms with Gasteiger partial charge in [-0.1, -0.05) is 19.1 Å². The first-order valence-electron chi connectivity index (χ1n) is 5.38. The van der Waals surface area contributed by atoms with E-state index < -0.39 is 26.8 Å². The van der Waals surface area contributed by atoms with Gasteiger partial charge in [0, 0.05) is 11.7 Å². The Bertz CT molecular complexity index is 576. The van der Waals surface area contributed by atoms with Crippen LogP contribution in [0.15, 0.2) is 24.3 Å². The first-order chi connectivity index (χ1) is 8.01. The fraction of sp³-hybridized carbons (Fsp3) is 0.417. The summed E-state index contributed by atoms with van der Waals surface area (Å²) in [5.41, 5.74) is 0.596. The molecule has 1 saturated carbocycles. The topological polar surface area (TPSA) is 57.9 Å². The van der Waals surface area contributed by atoms with Gasteiger partial charge in [0.2, 0.25) is 0 Å². The third kappa shape index (κ3) is 2.05. The average molecular weight is 253 g/mol. The first-order valence-corrected chi connectivity index (χ1v) is 7.09. The highest BCUT2D eigenvalue weighted by atomic mass is 32.2. The minimum absolute atomic E-state index is 0.0155. The summed E-state index contributed by atoms with van der Waals surface area (Å²) in [7, 11) is -3.24. The molecule has 1 aromatic rings. The number of halogens is 1. The van der Waals surface area contributed by atoms with E-state index in [9.17, 15) is 12.8 Å². The Morgan fingerprint density at radius 2 is 2.18 bits per heavy atom. The van der Waals surface area contributed by atoms with Gasteiger partial charge in [0.05, 0.1) is 17.2 Å². The lowest BCUT2D eigenvalue weighted by Crippen LogP contribution is -2.12. The summed E-state index contributed by atoms with van der Waals surface area (Å²) in [5.74, 6) is -1.30. The molecule has 0 heterocycles. The zero-order valence-electron chi connectivity index (χ0n) is 9.30. The van der Waals surface area contributed by atoms with Crippen LogP contribution < -0.4 is 0 Å². The Morgan fingerprint density at radius 3 is 2.71 bits per heavy atom. The highest BCUT2D eigenvalue weighted by Crippen LogP contribution is 2.52. The molecule has 17 heavy (non-hydrogen) atoms. The summed E-state index contributed by atoms with van der Waals surface area (Å²) in [5, 5.41) is 8.26. The third-order valence-corrected chi connectivity index (χ3v) is 5.37. The Kier molecular flexibility index (Phi) is 2.92. The van der Waals surface area contributed by atoms with Gasteiger partial charge in [-0.25, -0.2) is 12.8 Å². The Balaban J connectivity index is 2.34. The Labute approximate surface area is 99.8 Å². The molecule has 0 aromatic heterocycles. The summed E-state index contributed by atoms with van der Waals surface area (Å²) in [4.78, 5) is 0. The monoisotopic (exact) mass is 253 g/mol. The van der Waals surface area contributed by atoms with Crippen molar-refractivity contribution in [3.05, 3.63) is 35.6 Å². The molecule has 3 atom stereocenters. The van der Waals surface area contributed by atoms with E-state index in [1.165, 1.54) is 18.2 Å². The molecule has 0 radical (unpaired) electrons.